The van der Waals surface area contributed by atoms with Crippen molar-refractivity contribution >= 4 is 32.1 Å². The molecular formula is C12H14BrN5O2. The standard InChI is InChI=1S/C12H14BrN5O2/c1-2-3-4-5-17-9-7(6-8(13)14-9)10(19)18-11(17)15-16-12(18)20/h2-6H2,1H3,(H,16,20). The molecule has 20 heavy (non-hydrogen) atoms. The zero-order valence-corrected chi connectivity index (χ0v) is 12.6. The lowest BCUT2D eigenvalue weighted by Gasteiger charge is -2.11. The molecule has 8 heteroatoms. The highest BCUT2D eigenvalue weighted by Gasteiger charge is 2.24. The fraction of sp³-hybridized carbons (Fsp3) is 0.500. The summed E-state index contributed by atoms with van der Waals surface area (Å²) in [6.07, 6.45) is 3.55. The third kappa shape index (κ3) is 1.94. The van der Waals surface area contributed by atoms with Gasteiger partial charge in [0.25, 0.3) is 5.56 Å². The molecule has 3 heterocycles. The number of aromatic amines is 1. The second-order valence-electron chi connectivity index (χ2n) is 4.80. The molecule has 2 aromatic heterocycles. The first kappa shape index (κ1) is 13.3. The van der Waals surface area contributed by atoms with Gasteiger partial charge in [-0.05, 0) is 22.4 Å². The summed E-state index contributed by atoms with van der Waals surface area (Å²) in [5, 5.41) is 6.30. The van der Waals surface area contributed by atoms with E-state index < -0.39 is 5.69 Å². The van der Waals surface area contributed by atoms with Crippen molar-refractivity contribution < 1.29 is 0 Å². The van der Waals surface area contributed by atoms with E-state index in [4.69, 9.17) is 0 Å². The van der Waals surface area contributed by atoms with Gasteiger partial charge in [-0.25, -0.2) is 14.9 Å². The Kier molecular flexibility index (Phi) is 3.33. The molecule has 0 aliphatic carbocycles. The average Bonchev–Trinajstić information content (AvgIpc) is 2.98. The minimum atomic E-state index is -0.500. The Bertz CT molecular complexity index is 814. The number of nitrogens with one attached hydrogen (secondary N) is 1. The summed E-state index contributed by atoms with van der Waals surface area (Å²) in [4.78, 5) is 28.4. The first-order valence-corrected chi connectivity index (χ1v) is 7.38. The van der Waals surface area contributed by atoms with Crippen LogP contribution in [0.15, 0.2) is 14.6 Å². The molecular weight excluding hydrogens is 326 g/mol. The summed E-state index contributed by atoms with van der Waals surface area (Å²) in [5.41, 5.74) is -0.289. The van der Waals surface area contributed by atoms with Gasteiger partial charge in [-0.1, -0.05) is 19.8 Å². The lowest BCUT2D eigenvalue weighted by Crippen LogP contribution is -2.29. The highest BCUT2D eigenvalue weighted by atomic mass is 79.9. The topological polar surface area (TPSA) is 84.5 Å². The van der Waals surface area contributed by atoms with E-state index in [0.29, 0.717) is 34.7 Å². The van der Waals surface area contributed by atoms with Gasteiger partial charge in [-0.3, -0.25) is 9.36 Å². The van der Waals surface area contributed by atoms with Crippen LogP contribution < -0.4 is 11.2 Å². The number of aryl methyl sites for hydroxylation is 1. The fourth-order valence-corrected chi connectivity index (χ4v) is 2.90. The molecule has 2 aromatic rings. The molecule has 1 aliphatic heterocycles. The number of aromatic nitrogens is 4. The van der Waals surface area contributed by atoms with E-state index in [2.05, 4.69) is 38.0 Å². The van der Waals surface area contributed by atoms with Gasteiger partial charge >= 0.3 is 5.69 Å². The van der Waals surface area contributed by atoms with Crippen molar-refractivity contribution in [3.63, 3.8) is 0 Å². The van der Waals surface area contributed by atoms with Crippen LogP contribution in [0.25, 0.3) is 5.78 Å². The van der Waals surface area contributed by atoms with Gasteiger partial charge in [0.15, 0.2) is 0 Å². The van der Waals surface area contributed by atoms with Crippen LogP contribution >= 0.6 is 15.9 Å². The van der Waals surface area contributed by atoms with E-state index in [1.165, 1.54) is 0 Å². The molecule has 0 atom stereocenters. The SMILES string of the molecule is CCCCCn1c2c(c(=O)n3c(=O)[nH]nc13)CC(Br)=N2. The van der Waals surface area contributed by atoms with Crippen LogP contribution in [0.3, 0.4) is 0 Å². The van der Waals surface area contributed by atoms with Crippen molar-refractivity contribution in [1.29, 1.82) is 0 Å². The Balaban J connectivity index is 2.25. The zero-order chi connectivity index (χ0) is 14.3. The Morgan fingerprint density at radius 3 is 2.90 bits per heavy atom. The second kappa shape index (κ2) is 5.01. The van der Waals surface area contributed by atoms with Gasteiger partial charge in [0.2, 0.25) is 5.78 Å². The molecule has 0 bridgehead atoms. The van der Waals surface area contributed by atoms with Gasteiger partial charge < -0.3 is 0 Å². The first-order chi connectivity index (χ1) is 9.63. The fourth-order valence-electron chi connectivity index (χ4n) is 2.45. The largest absolute Gasteiger partial charge is 0.351 e. The number of hydrogen-bond acceptors (Lipinski definition) is 4. The second-order valence-corrected chi connectivity index (χ2v) is 5.71. The summed E-state index contributed by atoms with van der Waals surface area (Å²) in [7, 11) is 0. The number of fused-ring (bicyclic) bond motifs is 2. The summed E-state index contributed by atoms with van der Waals surface area (Å²) in [6, 6.07) is 0. The molecule has 0 unspecified atom stereocenters. The predicted octanol–water partition coefficient (Wildman–Crippen LogP) is 1.36. The molecule has 106 valence electrons. The van der Waals surface area contributed by atoms with Crippen LogP contribution in [0, 0.1) is 0 Å². The van der Waals surface area contributed by atoms with Gasteiger partial charge in [0.05, 0.1) is 10.2 Å². The maximum Gasteiger partial charge on any atom is 0.351 e. The van der Waals surface area contributed by atoms with Crippen molar-refractivity contribution in [3.05, 3.63) is 26.4 Å². The van der Waals surface area contributed by atoms with Crippen LogP contribution in [0.5, 0.6) is 0 Å². The molecule has 0 amide bonds. The lowest BCUT2D eigenvalue weighted by molar-refractivity contribution is 0.602. The monoisotopic (exact) mass is 339 g/mol. The maximum atomic E-state index is 12.3. The number of nitrogens with zero attached hydrogens (tertiary/aromatic N) is 4. The number of hydrogen-bond donors (Lipinski definition) is 1. The first-order valence-electron chi connectivity index (χ1n) is 6.59. The van der Waals surface area contributed by atoms with Crippen molar-refractivity contribution in [3.8, 4) is 0 Å². The van der Waals surface area contributed by atoms with E-state index in [1.54, 1.807) is 0 Å². The Hall–Kier alpha value is -1.70. The summed E-state index contributed by atoms with van der Waals surface area (Å²) < 4.78 is 3.64. The summed E-state index contributed by atoms with van der Waals surface area (Å²) in [5.74, 6) is 0.949. The van der Waals surface area contributed by atoms with Crippen LogP contribution in [0.1, 0.15) is 31.7 Å². The van der Waals surface area contributed by atoms with Gasteiger partial charge in [-0.15, -0.1) is 5.10 Å². The zero-order valence-electron chi connectivity index (χ0n) is 11.0. The maximum absolute atomic E-state index is 12.3. The quantitative estimate of drug-likeness (QED) is 0.853. The van der Waals surface area contributed by atoms with E-state index >= 15 is 0 Å². The molecule has 0 spiro atoms. The third-order valence-corrected chi connectivity index (χ3v) is 3.88. The summed E-state index contributed by atoms with van der Waals surface area (Å²) in [6.45, 7) is 2.81. The molecule has 7 nitrogen and oxygen atoms in total. The molecule has 0 radical (unpaired) electrons. The molecule has 1 aliphatic rings. The highest BCUT2D eigenvalue weighted by Crippen LogP contribution is 2.27. The van der Waals surface area contributed by atoms with Crippen molar-refractivity contribution in [1.82, 2.24) is 19.2 Å². The van der Waals surface area contributed by atoms with Gasteiger partial charge in [0, 0.05) is 13.0 Å². The Morgan fingerprint density at radius 1 is 1.35 bits per heavy atom. The van der Waals surface area contributed by atoms with Crippen LogP contribution in [-0.4, -0.2) is 23.8 Å². The van der Waals surface area contributed by atoms with Crippen molar-refractivity contribution in [2.45, 2.75) is 39.2 Å². The van der Waals surface area contributed by atoms with E-state index in [-0.39, 0.29) is 5.56 Å². The van der Waals surface area contributed by atoms with Crippen molar-refractivity contribution in [2.75, 3.05) is 0 Å². The average molecular weight is 340 g/mol. The van der Waals surface area contributed by atoms with Gasteiger partial charge in [0.1, 0.15) is 5.82 Å². The van der Waals surface area contributed by atoms with E-state index in [1.807, 2.05) is 4.57 Å². The Labute approximate surface area is 122 Å². The molecule has 3 rings (SSSR count). The molecule has 1 N–H and O–H groups in total. The molecule has 0 aromatic carbocycles. The number of halogens is 1. The van der Waals surface area contributed by atoms with E-state index in [0.717, 1.165) is 23.7 Å². The normalized spacial score (nSPS) is 13.8. The summed E-state index contributed by atoms with van der Waals surface area (Å²) >= 11 is 3.33. The van der Waals surface area contributed by atoms with Crippen LogP contribution in [0.4, 0.5) is 5.82 Å². The van der Waals surface area contributed by atoms with Crippen LogP contribution in [0.2, 0.25) is 0 Å². The van der Waals surface area contributed by atoms with E-state index in [9.17, 15) is 9.59 Å². The number of H-pyrrole nitrogens is 1. The molecule has 0 saturated carbocycles. The van der Waals surface area contributed by atoms with Gasteiger partial charge in [-0.2, -0.15) is 4.40 Å². The molecule has 0 saturated heterocycles. The number of aliphatic imine (C=N–C) groups is 1. The predicted molar refractivity (Wildman–Crippen MR) is 79.3 cm³/mol. The Morgan fingerprint density at radius 2 is 2.15 bits per heavy atom. The minimum absolute atomic E-state index is 0.334. The highest BCUT2D eigenvalue weighted by molar-refractivity contribution is 9.18. The van der Waals surface area contributed by atoms with Crippen molar-refractivity contribution in [2.24, 2.45) is 4.99 Å². The smallest absolute Gasteiger partial charge is 0.294 e. The van der Waals surface area contributed by atoms with Crippen LogP contribution in [-0.2, 0) is 13.0 Å². The minimum Gasteiger partial charge on any atom is -0.294 e. The number of unbranched alkanes of at least 4 members (excludes halogenated alkanes) is 2. The number of rotatable bonds is 4. The molecule has 0 fully saturated rings. The lowest BCUT2D eigenvalue weighted by atomic mass is 10.2. The third-order valence-electron chi connectivity index (χ3n) is 3.42.